The number of imidazole rings is 1. The van der Waals surface area contributed by atoms with E-state index in [-0.39, 0.29) is 17.6 Å². The maximum absolute atomic E-state index is 14.6. The third-order valence-electron chi connectivity index (χ3n) is 8.07. The highest BCUT2D eigenvalue weighted by molar-refractivity contribution is 5.91. The Morgan fingerprint density at radius 3 is 2.93 bits per heavy atom. The van der Waals surface area contributed by atoms with Gasteiger partial charge < -0.3 is 15.0 Å². The van der Waals surface area contributed by atoms with Gasteiger partial charge in [0.15, 0.2) is 5.82 Å². The highest BCUT2D eigenvalue weighted by Crippen LogP contribution is 2.32. The fourth-order valence-corrected chi connectivity index (χ4v) is 6.12. The van der Waals surface area contributed by atoms with E-state index in [1.807, 2.05) is 34.8 Å². The molecule has 11 heteroatoms. The van der Waals surface area contributed by atoms with Crippen LogP contribution in [0.4, 0.5) is 14.6 Å². The first-order valence-corrected chi connectivity index (χ1v) is 14.0. The molecule has 2 aliphatic heterocycles. The van der Waals surface area contributed by atoms with Crippen molar-refractivity contribution in [1.82, 2.24) is 29.5 Å². The Kier molecular flexibility index (Phi) is 6.66. The zero-order chi connectivity index (χ0) is 28.8. The van der Waals surface area contributed by atoms with Crippen molar-refractivity contribution in [2.24, 2.45) is 7.05 Å². The average Bonchev–Trinajstić information content (AvgIpc) is 3.68. The summed E-state index contributed by atoms with van der Waals surface area (Å²) in [5.41, 5.74) is 3.95. The Hall–Kier alpha value is -4.64. The number of aryl methyl sites for hydroxylation is 2. The van der Waals surface area contributed by atoms with Crippen molar-refractivity contribution in [3.8, 4) is 11.4 Å². The van der Waals surface area contributed by atoms with Gasteiger partial charge in [-0.2, -0.15) is 5.10 Å². The van der Waals surface area contributed by atoms with E-state index < -0.39 is 17.7 Å². The number of anilines is 1. The molecule has 5 heterocycles. The van der Waals surface area contributed by atoms with Gasteiger partial charge in [0.25, 0.3) is 0 Å². The molecule has 1 fully saturated rings. The quantitative estimate of drug-likeness (QED) is 0.341. The van der Waals surface area contributed by atoms with Crippen LogP contribution in [-0.4, -0.2) is 61.9 Å². The summed E-state index contributed by atoms with van der Waals surface area (Å²) in [7, 11) is 1.95. The van der Waals surface area contributed by atoms with E-state index in [0.717, 1.165) is 41.1 Å². The molecule has 5 aromatic rings. The van der Waals surface area contributed by atoms with E-state index in [9.17, 15) is 13.6 Å². The molecule has 0 saturated carbocycles. The number of rotatable bonds is 2. The molecule has 2 bridgehead atoms. The number of fused-ring (bicyclic) bond motifs is 3. The van der Waals surface area contributed by atoms with Gasteiger partial charge in [0.05, 0.1) is 30.0 Å². The van der Waals surface area contributed by atoms with Gasteiger partial charge in [-0.15, -0.1) is 0 Å². The van der Waals surface area contributed by atoms with Gasteiger partial charge >= 0.3 is 0 Å². The first kappa shape index (κ1) is 26.3. The number of nitrogens with zero attached hydrogens (tertiary/aromatic N) is 6. The monoisotopic (exact) mass is 569 g/mol. The van der Waals surface area contributed by atoms with E-state index in [0.29, 0.717) is 43.3 Å². The molecule has 1 N–H and O–H groups in total. The first-order valence-electron chi connectivity index (χ1n) is 14.0. The summed E-state index contributed by atoms with van der Waals surface area (Å²) in [5, 5.41) is 8.93. The third kappa shape index (κ3) is 4.59. The van der Waals surface area contributed by atoms with Crippen LogP contribution in [-0.2, 0) is 23.0 Å². The van der Waals surface area contributed by atoms with Gasteiger partial charge in [-0.3, -0.25) is 13.9 Å². The molecule has 9 nitrogen and oxygen atoms in total. The van der Waals surface area contributed by atoms with Crippen molar-refractivity contribution in [1.29, 1.82) is 0 Å². The standard InChI is InChI=1S/C31H29F2N7O2/c1-38-25-8-3-11-35-31(41)26-16-21(42-14-4-6-19-5-2-7-24(37-38)28(19)25)18-40(26)30-27-17-36-29(39(27)13-12-34-30)22-10-9-20(32)15-23(22)33/h2,4-7,9-10,12-13,15,17,21,26H,3,8,11,14,16,18H2,1H3,(H,35,41)/t21-,26-/m0/s1. The van der Waals surface area contributed by atoms with Gasteiger partial charge in [-0.05, 0) is 36.6 Å². The maximum atomic E-state index is 14.6. The van der Waals surface area contributed by atoms with Crippen molar-refractivity contribution in [2.45, 2.75) is 31.4 Å². The minimum atomic E-state index is -0.705. The molecule has 3 aromatic heterocycles. The Bertz CT molecular complexity index is 1850. The molecule has 2 atom stereocenters. The number of hydrogen-bond donors (Lipinski definition) is 1. The number of aromatic nitrogens is 5. The smallest absolute Gasteiger partial charge is 0.242 e. The summed E-state index contributed by atoms with van der Waals surface area (Å²) in [6.07, 6.45) is 10.8. The number of benzene rings is 2. The van der Waals surface area contributed by atoms with E-state index in [1.165, 1.54) is 12.1 Å². The van der Waals surface area contributed by atoms with E-state index in [4.69, 9.17) is 4.74 Å². The minimum Gasteiger partial charge on any atom is -0.372 e. The minimum absolute atomic E-state index is 0.102. The van der Waals surface area contributed by atoms with Crippen molar-refractivity contribution < 1.29 is 18.3 Å². The fraction of sp³-hybridized carbons (Fsp3) is 0.290. The lowest BCUT2D eigenvalue weighted by molar-refractivity contribution is -0.122. The number of carbonyl (C=O) groups excluding carboxylic acids is 1. The molecule has 0 aliphatic carbocycles. The summed E-state index contributed by atoms with van der Waals surface area (Å²) >= 11 is 0. The second-order valence-electron chi connectivity index (χ2n) is 10.7. The average molecular weight is 570 g/mol. The summed E-state index contributed by atoms with van der Waals surface area (Å²) in [5.74, 6) is -0.593. The van der Waals surface area contributed by atoms with Gasteiger partial charge in [-0.1, -0.05) is 24.3 Å². The second-order valence-corrected chi connectivity index (χ2v) is 10.7. The summed E-state index contributed by atoms with van der Waals surface area (Å²) in [4.78, 5) is 24.6. The molecule has 42 heavy (non-hydrogen) atoms. The molecule has 7 rings (SSSR count). The van der Waals surface area contributed by atoms with Crippen molar-refractivity contribution in [2.75, 3.05) is 24.6 Å². The Balaban J connectivity index is 1.20. The zero-order valence-electron chi connectivity index (χ0n) is 23.0. The van der Waals surface area contributed by atoms with Crippen molar-refractivity contribution in [3.05, 3.63) is 84.0 Å². The van der Waals surface area contributed by atoms with Gasteiger partial charge in [0.2, 0.25) is 5.91 Å². The van der Waals surface area contributed by atoms with Crippen molar-refractivity contribution >= 4 is 34.2 Å². The molecule has 0 unspecified atom stereocenters. The summed E-state index contributed by atoms with van der Waals surface area (Å²) in [6.45, 7) is 1.35. The SMILES string of the molecule is Cn1nc2cccc3c2c1CCCNC(=O)[C@@H]1C[C@@H](CN1c1nccn2c(-c4ccc(F)cc4F)ncc12)OCC=C3. The van der Waals surface area contributed by atoms with Gasteiger partial charge in [0.1, 0.15) is 29.0 Å². The molecular weight excluding hydrogens is 540 g/mol. The lowest BCUT2D eigenvalue weighted by atomic mass is 10.0. The van der Waals surface area contributed by atoms with Gasteiger partial charge in [-0.25, -0.2) is 18.7 Å². The number of amides is 1. The molecule has 1 amide bonds. The van der Waals surface area contributed by atoms with Gasteiger partial charge in [0, 0.05) is 56.1 Å². The number of halogens is 2. The topological polar surface area (TPSA) is 89.6 Å². The predicted molar refractivity (Wildman–Crippen MR) is 155 cm³/mol. The molecule has 0 spiro atoms. The van der Waals surface area contributed by atoms with Crippen LogP contribution in [0.1, 0.15) is 24.1 Å². The largest absolute Gasteiger partial charge is 0.372 e. The number of carbonyl (C=O) groups is 1. The molecule has 2 aliphatic rings. The molecule has 214 valence electrons. The summed E-state index contributed by atoms with van der Waals surface area (Å²) in [6, 6.07) is 9.01. The lowest BCUT2D eigenvalue weighted by Gasteiger charge is -2.25. The van der Waals surface area contributed by atoms with Crippen LogP contribution in [0.5, 0.6) is 0 Å². The maximum Gasteiger partial charge on any atom is 0.242 e. The van der Waals surface area contributed by atoms with E-state index in [1.54, 1.807) is 23.0 Å². The molecule has 0 radical (unpaired) electrons. The lowest BCUT2D eigenvalue weighted by Crippen LogP contribution is -2.44. The highest BCUT2D eigenvalue weighted by Gasteiger charge is 2.39. The highest BCUT2D eigenvalue weighted by atomic mass is 19.1. The normalized spacial score (nSPS) is 19.7. The molecule has 1 saturated heterocycles. The number of nitrogens with one attached hydrogen (secondary N) is 1. The summed E-state index contributed by atoms with van der Waals surface area (Å²) < 4.78 is 38.1. The second kappa shape index (κ2) is 10.6. The van der Waals surface area contributed by atoms with Crippen LogP contribution in [0.3, 0.4) is 0 Å². The van der Waals surface area contributed by atoms with E-state index >= 15 is 0 Å². The van der Waals surface area contributed by atoms with Crippen molar-refractivity contribution in [3.63, 3.8) is 0 Å². The molecule has 2 aromatic carbocycles. The fourth-order valence-electron chi connectivity index (χ4n) is 6.12. The number of hydrogen-bond acceptors (Lipinski definition) is 6. The first-order chi connectivity index (χ1) is 20.5. The van der Waals surface area contributed by atoms with Crippen LogP contribution < -0.4 is 10.2 Å². The Morgan fingerprint density at radius 2 is 2.05 bits per heavy atom. The third-order valence-corrected chi connectivity index (χ3v) is 8.07. The van der Waals surface area contributed by atoms with Crippen LogP contribution in [0.2, 0.25) is 0 Å². The van der Waals surface area contributed by atoms with E-state index in [2.05, 4.69) is 32.5 Å². The Morgan fingerprint density at radius 1 is 1.14 bits per heavy atom. The van der Waals surface area contributed by atoms with Crippen LogP contribution in [0, 0.1) is 11.6 Å². The van der Waals surface area contributed by atoms with Crippen LogP contribution >= 0.6 is 0 Å². The molecular formula is C31H29F2N7O2. The Labute approximate surface area is 240 Å². The number of ether oxygens (including phenoxy) is 1. The van der Waals surface area contributed by atoms with Crippen LogP contribution in [0.25, 0.3) is 33.9 Å². The predicted octanol–water partition coefficient (Wildman–Crippen LogP) is 4.30. The van der Waals surface area contributed by atoms with Crippen LogP contribution in [0.15, 0.2) is 61.1 Å². The zero-order valence-corrected chi connectivity index (χ0v) is 23.0.